The molecular weight excluding hydrogens is 204 g/mol. The Hall–Kier alpha value is -0.340. The van der Waals surface area contributed by atoms with Crippen molar-refractivity contribution in [2.75, 3.05) is 0 Å². The molecular formula is C13H20OS. The third-order valence-corrected chi connectivity index (χ3v) is 4.22. The third kappa shape index (κ3) is 3.32. The predicted molar refractivity (Wildman–Crippen MR) is 65.2 cm³/mol. The number of rotatable bonds is 5. The average Bonchev–Trinajstić information content (AvgIpc) is 2.61. The molecule has 0 saturated heterocycles. The molecule has 1 atom stereocenters. The fourth-order valence-corrected chi connectivity index (χ4v) is 2.97. The van der Waals surface area contributed by atoms with Crippen LogP contribution in [0.2, 0.25) is 0 Å². The van der Waals surface area contributed by atoms with Gasteiger partial charge in [0.1, 0.15) is 0 Å². The van der Waals surface area contributed by atoms with Crippen LogP contribution in [-0.2, 0) is 6.42 Å². The van der Waals surface area contributed by atoms with Gasteiger partial charge in [-0.1, -0.05) is 19.3 Å². The maximum absolute atomic E-state index is 10.3. The van der Waals surface area contributed by atoms with Gasteiger partial charge in [-0.15, -0.1) is 0 Å². The lowest BCUT2D eigenvalue weighted by Gasteiger charge is -2.33. The molecule has 0 aliphatic heterocycles. The third-order valence-electron chi connectivity index (χ3n) is 3.49. The van der Waals surface area contributed by atoms with Gasteiger partial charge < -0.3 is 5.11 Å². The van der Waals surface area contributed by atoms with Crippen LogP contribution in [0.15, 0.2) is 16.8 Å². The van der Waals surface area contributed by atoms with E-state index in [1.54, 1.807) is 11.3 Å². The van der Waals surface area contributed by atoms with Crippen molar-refractivity contribution in [2.45, 2.75) is 51.0 Å². The van der Waals surface area contributed by atoms with E-state index < -0.39 is 5.60 Å². The summed E-state index contributed by atoms with van der Waals surface area (Å²) in [6.45, 7) is 2.00. The summed E-state index contributed by atoms with van der Waals surface area (Å²) < 4.78 is 0. The Morgan fingerprint density at radius 2 is 2.33 bits per heavy atom. The minimum absolute atomic E-state index is 0.451. The van der Waals surface area contributed by atoms with Gasteiger partial charge in [0.05, 0.1) is 5.60 Å². The molecule has 1 saturated carbocycles. The first kappa shape index (κ1) is 11.2. The Bertz CT molecular complexity index is 285. The van der Waals surface area contributed by atoms with Gasteiger partial charge in [-0.25, -0.2) is 0 Å². The van der Waals surface area contributed by atoms with Crippen molar-refractivity contribution in [3.63, 3.8) is 0 Å². The fraction of sp³-hybridized carbons (Fsp3) is 0.692. The SMILES string of the molecule is CC(O)(CCc1ccsc1)CC1CCC1. The van der Waals surface area contributed by atoms with Crippen molar-refractivity contribution in [3.05, 3.63) is 22.4 Å². The van der Waals surface area contributed by atoms with Crippen molar-refractivity contribution >= 4 is 11.3 Å². The van der Waals surface area contributed by atoms with E-state index in [9.17, 15) is 5.11 Å². The van der Waals surface area contributed by atoms with Gasteiger partial charge in [-0.2, -0.15) is 11.3 Å². The molecule has 84 valence electrons. The monoisotopic (exact) mass is 224 g/mol. The van der Waals surface area contributed by atoms with Crippen LogP contribution < -0.4 is 0 Å². The lowest BCUT2D eigenvalue weighted by atomic mass is 9.76. The number of aliphatic hydroxyl groups is 1. The predicted octanol–water partition coefficient (Wildman–Crippen LogP) is 3.62. The number of hydrogen-bond acceptors (Lipinski definition) is 2. The molecule has 0 amide bonds. The molecule has 1 unspecified atom stereocenters. The number of aryl methyl sites for hydroxylation is 1. The maximum atomic E-state index is 10.3. The lowest BCUT2D eigenvalue weighted by Crippen LogP contribution is -2.30. The zero-order valence-electron chi connectivity index (χ0n) is 9.41. The Balaban J connectivity index is 1.76. The summed E-state index contributed by atoms with van der Waals surface area (Å²) in [7, 11) is 0. The van der Waals surface area contributed by atoms with Crippen LogP contribution in [0.3, 0.4) is 0 Å². The van der Waals surface area contributed by atoms with Crippen LogP contribution in [0.25, 0.3) is 0 Å². The zero-order chi connectivity index (χ0) is 10.7. The van der Waals surface area contributed by atoms with E-state index in [1.807, 2.05) is 6.92 Å². The first-order valence-corrected chi connectivity index (χ1v) is 6.83. The highest BCUT2D eigenvalue weighted by atomic mass is 32.1. The van der Waals surface area contributed by atoms with E-state index in [0.29, 0.717) is 0 Å². The minimum Gasteiger partial charge on any atom is -0.390 e. The highest BCUT2D eigenvalue weighted by molar-refractivity contribution is 7.07. The van der Waals surface area contributed by atoms with E-state index in [-0.39, 0.29) is 0 Å². The van der Waals surface area contributed by atoms with Crippen LogP contribution in [-0.4, -0.2) is 10.7 Å². The molecule has 1 nitrogen and oxygen atoms in total. The normalized spacial score (nSPS) is 20.9. The molecule has 0 radical (unpaired) electrons. The van der Waals surface area contributed by atoms with Crippen molar-refractivity contribution < 1.29 is 5.11 Å². The molecule has 0 bridgehead atoms. The van der Waals surface area contributed by atoms with Crippen LogP contribution in [0, 0.1) is 5.92 Å². The van der Waals surface area contributed by atoms with Crippen molar-refractivity contribution in [3.8, 4) is 0 Å². The molecule has 1 aliphatic carbocycles. The molecule has 1 N–H and O–H groups in total. The number of hydrogen-bond donors (Lipinski definition) is 1. The summed E-state index contributed by atoms with van der Waals surface area (Å²) in [4.78, 5) is 0. The van der Waals surface area contributed by atoms with Crippen molar-refractivity contribution in [1.82, 2.24) is 0 Å². The van der Waals surface area contributed by atoms with Crippen molar-refractivity contribution in [2.24, 2.45) is 5.92 Å². The van der Waals surface area contributed by atoms with Gasteiger partial charge in [0.25, 0.3) is 0 Å². The largest absolute Gasteiger partial charge is 0.390 e. The zero-order valence-corrected chi connectivity index (χ0v) is 10.2. The van der Waals surface area contributed by atoms with E-state index >= 15 is 0 Å². The van der Waals surface area contributed by atoms with Crippen LogP contribution in [0.5, 0.6) is 0 Å². The van der Waals surface area contributed by atoms with E-state index in [1.165, 1.54) is 24.8 Å². The van der Waals surface area contributed by atoms with Crippen LogP contribution in [0.1, 0.15) is 44.6 Å². The summed E-state index contributed by atoms with van der Waals surface area (Å²) in [5.41, 5.74) is 0.918. The molecule has 2 rings (SSSR count). The topological polar surface area (TPSA) is 20.2 Å². The second-order valence-electron chi connectivity index (χ2n) is 5.13. The number of thiophene rings is 1. The highest BCUT2D eigenvalue weighted by Gasteiger charge is 2.28. The van der Waals surface area contributed by atoms with Gasteiger partial charge in [-0.3, -0.25) is 0 Å². The Morgan fingerprint density at radius 1 is 1.53 bits per heavy atom. The molecule has 1 aliphatic rings. The van der Waals surface area contributed by atoms with Gasteiger partial charge in [0.15, 0.2) is 0 Å². The van der Waals surface area contributed by atoms with Crippen LogP contribution in [0.4, 0.5) is 0 Å². The van der Waals surface area contributed by atoms with Gasteiger partial charge >= 0.3 is 0 Å². The van der Waals surface area contributed by atoms with Crippen molar-refractivity contribution in [1.29, 1.82) is 0 Å². The van der Waals surface area contributed by atoms with Gasteiger partial charge in [-0.05, 0) is 54.5 Å². The summed E-state index contributed by atoms with van der Waals surface area (Å²) in [5.74, 6) is 0.794. The lowest BCUT2D eigenvalue weighted by molar-refractivity contribution is 0.0128. The summed E-state index contributed by atoms with van der Waals surface area (Å²) in [6.07, 6.45) is 6.94. The van der Waals surface area contributed by atoms with Gasteiger partial charge in [0.2, 0.25) is 0 Å². The average molecular weight is 224 g/mol. The molecule has 1 aromatic rings. The van der Waals surface area contributed by atoms with Crippen LogP contribution >= 0.6 is 11.3 Å². The Kier molecular flexibility index (Phi) is 3.47. The fourth-order valence-electron chi connectivity index (χ4n) is 2.27. The van der Waals surface area contributed by atoms with E-state index in [0.717, 1.165) is 25.2 Å². The molecule has 1 aromatic heterocycles. The molecule has 0 aromatic carbocycles. The van der Waals surface area contributed by atoms with E-state index in [4.69, 9.17) is 0 Å². The summed E-state index contributed by atoms with van der Waals surface area (Å²) in [6, 6.07) is 2.16. The molecule has 2 heteroatoms. The second-order valence-corrected chi connectivity index (χ2v) is 5.91. The Morgan fingerprint density at radius 3 is 2.87 bits per heavy atom. The standard InChI is InChI=1S/C13H20OS/c1-13(14,9-11-3-2-4-11)7-5-12-6-8-15-10-12/h6,8,10-11,14H,2-5,7,9H2,1H3. The smallest absolute Gasteiger partial charge is 0.0625 e. The maximum Gasteiger partial charge on any atom is 0.0625 e. The summed E-state index contributed by atoms with van der Waals surface area (Å²) in [5, 5.41) is 14.5. The first-order valence-electron chi connectivity index (χ1n) is 5.89. The quantitative estimate of drug-likeness (QED) is 0.810. The highest BCUT2D eigenvalue weighted by Crippen LogP contribution is 2.35. The Labute approximate surface area is 96.1 Å². The molecule has 0 spiro atoms. The van der Waals surface area contributed by atoms with E-state index in [2.05, 4.69) is 16.8 Å². The van der Waals surface area contributed by atoms with Gasteiger partial charge in [0, 0.05) is 0 Å². The molecule has 15 heavy (non-hydrogen) atoms. The summed E-state index contributed by atoms with van der Waals surface area (Å²) >= 11 is 1.74. The molecule has 1 fully saturated rings. The first-order chi connectivity index (χ1) is 7.16. The molecule has 1 heterocycles. The minimum atomic E-state index is -0.451. The second kappa shape index (κ2) is 4.67.